The minimum atomic E-state index is -4.44. The molecule has 1 aromatic heterocycles. The highest BCUT2D eigenvalue weighted by atomic mass is 79.9. The summed E-state index contributed by atoms with van der Waals surface area (Å²) in [5.74, 6) is 0.218. The molecule has 0 aliphatic rings. The first kappa shape index (κ1) is 14.1. The zero-order chi connectivity index (χ0) is 15.2. The van der Waals surface area contributed by atoms with Gasteiger partial charge in [0.2, 0.25) is 0 Å². The Labute approximate surface area is 127 Å². The minimum absolute atomic E-state index is 0.0413. The van der Waals surface area contributed by atoms with Crippen LogP contribution in [0, 0.1) is 6.92 Å². The normalized spacial score (nSPS) is 12.0. The lowest BCUT2D eigenvalue weighted by Gasteiger charge is -2.11. The van der Waals surface area contributed by atoms with Gasteiger partial charge in [-0.1, -0.05) is 22.0 Å². The van der Waals surface area contributed by atoms with Gasteiger partial charge in [0, 0.05) is 10.0 Å². The molecule has 21 heavy (non-hydrogen) atoms. The second kappa shape index (κ2) is 4.87. The predicted octanol–water partition coefficient (Wildman–Crippen LogP) is 5.32. The van der Waals surface area contributed by atoms with Gasteiger partial charge in [0.1, 0.15) is 5.82 Å². The lowest BCUT2D eigenvalue weighted by Crippen LogP contribution is -2.07. The molecule has 1 heterocycles. The number of hydrogen-bond acceptors (Lipinski definition) is 1. The molecule has 6 heteroatoms. The van der Waals surface area contributed by atoms with Crippen LogP contribution in [0.3, 0.4) is 0 Å². The molecule has 0 saturated heterocycles. The Bertz CT molecular complexity index is 821. The number of fused-ring (bicyclic) bond motifs is 1. The first-order valence-corrected chi connectivity index (χ1v) is 6.97. The SMILES string of the molecule is Cc1ccc2nc(-c3ccc(Br)cc3C(F)(F)F)[nH]c2c1. The molecule has 0 aliphatic carbocycles. The Kier molecular flexibility index (Phi) is 3.28. The molecule has 0 aliphatic heterocycles. The van der Waals surface area contributed by atoms with Gasteiger partial charge < -0.3 is 4.98 Å². The summed E-state index contributed by atoms with van der Waals surface area (Å²) in [5.41, 5.74) is 1.71. The summed E-state index contributed by atoms with van der Waals surface area (Å²) >= 11 is 3.07. The highest BCUT2D eigenvalue weighted by Crippen LogP contribution is 2.38. The van der Waals surface area contributed by atoms with Gasteiger partial charge in [0.05, 0.1) is 16.6 Å². The van der Waals surface area contributed by atoms with Gasteiger partial charge in [-0.05, 0) is 42.8 Å². The molecule has 0 atom stereocenters. The van der Waals surface area contributed by atoms with E-state index in [1.165, 1.54) is 6.07 Å². The fourth-order valence-corrected chi connectivity index (χ4v) is 2.57. The highest BCUT2D eigenvalue weighted by molar-refractivity contribution is 9.10. The average Bonchev–Trinajstić information content (AvgIpc) is 2.80. The number of aromatic nitrogens is 2. The smallest absolute Gasteiger partial charge is 0.338 e. The number of nitrogens with zero attached hydrogens (tertiary/aromatic N) is 1. The molecule has 0 fully saturated rings. The van der Waals surface area contributed by atoms with Crippen molar-refractivity contribution < 1.29 is 13.2 Å². The number of hydrogen-bond donors (Lipinski definition) is 1. The van der Waals surface area contributed by atoms with Crippen LogP contribution >= 0.6 is 15.9 Å². The van der Waals surface area contributed by atoms with Crippen molar-refractivity contribution in [2.75, 3.05) is 0 Å². The number of nitrogens with one attached hydrogen (secondary N) is 1. The number of aromatic amines is 1. The first-order valence-electron chi connectivity index (χ1n) is 6.18. The number of halogens is 4. The largest absolute Gasteiger partial charge is 0.417 e. The fourth-order valence-electron chi connectivity index (χ4n) is 2.21. The van der Waals surface area contributed by atoms with Gasteiger partial charge in [-0.25, -0.2) is 4.98 Å². The van der Waals surface area contributed by atoms with Crippen LogP contribution in [0.15, 0.2) is 40.9 Å². The van der Waals surface area contributed by atoms with Crippen LogP contribution in [0.25, 0.3) is 22.4 Å². The van der Waals surface area contributed by atoms with Crippen molar-refractivity contribution in [1.29, 1.82) is 0 Å². The Balaban J connectivity index is 2.22. The third kappa shape index (κ3) is 2.68. The first-order chi connectivity index (χ1) is 9.84. The summed E-state index contributed by atoms with van der Waals surface area (Å²) < 4.78 is 39.9. The summed E-state index contributed by atoms with van der Waals surface area (Å²) in [5, 5.41) is 0. The van der Waals surface area contributed by atoms with Crippen LogP contribution in [0.2, 0.25) is 0 Å². The Morgan fingerprint density at radius 1 is 1.10 bits per heavy atom. The fraction of sp³-hybridized carbons (Fsp3) is 0.133. The molecule has 3 aromatic rings. The summed E-state index contributed by atoms with van der Waals surface area (Å²) in [4.78, 5) is 7.22. The van der Waals surface area contributed by atoms with Gasteiger partial charge in [0.25, 0.3) is 0 Å². The number of imidazole rings is 1. The van der Waals surface area contributed by atoms with E-state index in [0.29, 0.717) is 9.99 Å². The molecule has 108 valence electrons. The van der Waals surface area contributed by atoms with Crippen LogP contribution in [0.1, 0.15) is 11.1 Å². The quantitative estimate of drug-likeness (QED) is 0.629. The summed E-state index contributed by atoms with van der Waals surface area (Å²) in [7, 11) is 0. The standard InChI is InChI=1S/C15H10BrF3N2/c1-8-2-5-12-13(6-8)21-14(20-12)10-4-3-9(16)7-11(10)15(17,18)19/h2-7H,1H3,(H,20,21). The van der Waals surface area contributed by atoms with Gasteiger partial charge >= 0.3 is 6.18 Å². The summed E-state index contributed by atoms with van der Waals surface area (Å²) in [6.07, 6.45) is -4.44. The molecule has 2 nitrogen and oxygen atoms in total. The molecule has 0 unspecified atom stereocenters. The van der Waals surface area contributed by atoms with E-state index in [9.17, 15) is 13.2 Å². The molecular weight excluding hydrogens is 345 g/mol. The second-order valence-corrected chi connectivity index (χ2v) is 5.71. The molecule has 0 amide bonds. The zero-order valence-corrected chi connectivity index (χ0v) is 12.5. The Morgan fingerprint density at radius 3 is 2.57 bits per heavy atom. The van der Waals surface area contributed by atoms with Crippen LogP contribution < -0.4 is 0 Å². The topological polar surface area (TPSA) is 28.7 Å². The van der Waals surface area contributed by atoms with Crippen LogP contribution in [0.5, 0.6) is 0 Å². The van der Waals surface area contributed by atoms with Gasteiger partial charge in [0.15, 0.2) is 0 Å². The van der Waals surface area contributed by atoms with Crippen molar-refractivity contribution in [2.45, 2.75) is 13.1 Å². The lowest BCUT2D eigenvalue weighted by molar-refractivity contribution is -0.137. The molecule has 0 spiro atoms. The Morgan fingerprint density at radius 2 is 1.86 bits per heavy atom. The number of rotatable bonds is 1. The summed E-state index contributed by atoms with van der Waals surface area (Å²) in [6, 6.07) is 9.57. The van der Waals surface area contributed by atoms with Crippen molar-refractivity contribution in [1.82, 2.24) is 9.97 Å². The number of alkyl halides is 3. The van der Waals surface area contributed by atoms with E-state index in [0.717, 1.165) is 17.1 Å². The monoisotopic (exact) mass is 354 g/mol. The van der Waals surface area contributed by atoms with Crippen molar-refractivity contribution in [2.24, 2.45) is 0 Å². The van der Waals surface area contributed by atoms with Crippen LogP contribution in [-0.2, 0) is 6.18 Å². The highest BCUT2D eigenvalue weighted by Gasteiger charge is 2.34. The molecule has 1 N–H and O–H groups in total. The van der Waals surface area contributed by atoms with E-state index in [2.05, 4.69) is 25.9 Å². The van der Waals surface area contributed by atoms with E-state index < -0.39 is 11.7 Å². The average molecular weight is 355 g/mol. The van der Waals surface area contributed by atoms with Crippen molar-refractivity contribution in [3.8, 4) is 11.4 Å². The van der Waals surface area contributed by atoms with E-state index >= 15 is 0 Å². The third-order valence-corrected chi connectivity index (χ3v) is 3.67. The lowest BCUT2D eigenvalue weighted by atomic mass is 10.1. The van der Waals surface area contributed by atoms with Crippen molar-refractivity contribution in [3.05, 3.63) is 52.0 Å². The van der Waals surface area contributed by atoms with Crippen molar-refractivity contribution >= 4 is 27.0 Å². The minimum Gasteiger partial charge on any atom is -0.338 e. The Hall–Kier alpha value is -1.82. The molecule has 0 radical (unpaired) electrons. The molecule has 0 saturated carbocycles. The number of aryl methyl sites for hydroxylation is 1. The summed E-state index contributed by atoms with van der Waals surface area (Å²) in [6.45, 7) is 1.92. The van der Waals surface area contributed by atoms with E-state index in [1.807, 2.05) is 19.1 Å². The molecule has 2 aromatic carbocycles. The third-order valence-electron chi connectivity index (χ3n) is 3.18. The van der Waals surface area contributed by atoms with Gasteiger partial charge in [-0.3, -0.25) is 0 Å². The number of benzene rings is 2. The molecule has 3 rings (SSSR count). The van der Waals surface area contributed by atoms with Crippen LogP contribution in [0.4, 0.5) is 13.2 Å². The zero-order valence-electron chi connectivity index (χ0n) is 10.9. The van der Waals surface area contributed by atoms with Gasteiger partial charge in [-0.2, -0.15) is 13.2 Å². The molecular formula is C15H10BrF3N2. The second-order valence-electron chi connectivity index (χ2n) is 4.79. The maximum absolute atomic E-state index is 13.2. The maximum Gasteiger partial charge on any atom is 0.417 e. The van der Waals surface area contributed by atoms with Crippen molar-refractivity contribution in [3.63, 3.8) is 0 Å². The predicted molar refractivity (Wildman–Crippen MR) is 79.0 cm³/mol. The maximum atomic E-state index is 13.2. The van der Waals surface area contributed by atoms with Crippen LogP contribution in [-0.4, -0.2) is 9.97 Å². The van der Waals surface area contributed by atoms with E-state index in [-0.39, 0.29) is 11.4 Å². The van der Waals surface area contributed by atoms with E-state index in [4.69, 9.17) is 0 Å². The van der Waals surface area contributed by atoms with E-state index in [1.54, 1.807) is 12.1 Å². The molecule has 0 bridgehead atoms. The number of H-pyrrole nitrogens is 1. The van der Waals surface area contributed by atoms with Gasteiger partial charge in [-0.15, -0.1) is 0 Å².